The van der Waals surface area contributed by atoms with Crippen LogP contribution in [-0.4, -0.2) is 36.7 Å². The molecule has 0 aliphatic heterocycles. The third kappa shape index (κ3) is 5.36. The minimum atomic E-state index is -1.07. The predicted molar refractivity (Wildman–Crippen MR) is 70.9 cm³/mol. The molecule has 1 aromatic rings. The Morgan fingerprint density at radius 1 is 1.35 bits per heavy atom. The first-order valence-corrected chi connectivity index (χ1v) is 6.37. The minimum absolute atomic E-state index is 0.0358. The maximum Gasteiger partial charge on any atom is 0.312 e. The van der Waals surface area contributed by atoms with Crippen LogP contribution in [0.2, 0.25) is 0 Å². The summed E-state index contributed by atoms with van der Waals surface area (Å²) >= 11 is 0. The molecule has 5 nitrogen and oxygen atoms in total. The van der Waals surface area contributed by atoms with Crippen molar-refractivity contribution in [3.63, 3.8) is 0 Å². The van der Waals surface area contributed by atoms with Crippen molar-refractivity contribution in [2.75, 3.05) is 19.8 Å². The lowest BCUT2D eigenvalue weighted by Crippen LogP contribution is -2.32. The van der Waals surface area contributed by atoms with Gasteiger partial charge in [0.2, 0.25) is 5.91 Å². The number of hydrogen-bond acceptors (Lipinski definition) is 3. The molecule has 0 fully saturated rings. The highest BCUT2D eigenvalue weighted by molar-refractivity contribution is 5.79. The molecule has 110 valence electrons. The third-order valence-electron chi connectivity index (χ3n) is 2.75. The molecule has 1 unspecified atom stereocenters. The topological polar surface area (TPSA) is 75.6 Å². The molecule has 1 amide bonds. The van der Waals surface area contributed by atoms with Gasteiger partial charge in [0.05, 0.1) is 12.5 Å². The summed E-state index contributed by atoms with van der Waals surface area (Å²) in [4.78, 5) is 22.7. The molecule has 20 heavy (non-hydrogen) atoms. The monoisotopic (exact) mass is 283 g/mol. The second-order valence-electron chi connectivity index (χ2n) is 4.19. The smallest absolute Gasteiger partial charge is 0.312 e. The lowest BCUT2D eigenvalue weighted by Gasteiger charge is -2.14. The van der Waals surface area contributed by atoms with Gasteiger partial charge in [0.25, 0.3) is 0 Å². The summed E-state index contributed by atoms with van der Waals surface area (Å²) in [5, 5.41) is 11.7. The third-order valence-corrected chi connectivity index (χ3v) is 2.75. The van der Waals surface area contributed by atoms with Crippen molar-refractivity contribution in [3.05, 3.63) is 35.6 Å². The molecule has 0 saturated heterocycles. The zero-order valence-electron chi connectivity index (χ0n) is 11.3. The van der Waals surface area contributed by atoms with Gasteiger partial charge in [-0.2, -0.15) is 0 Å². The maximum absolute atomic E-state index is 12.8. The van der Waals surface area contributed by atoms with E-state index in [0.717, 1.165) is 0 Å². The Bertz CT molecular complexity index is 447. The summed E-state index contributed by atoms with van der Waals surface area (Å²) in [6, 6.07) is 5.20. The summed E-state index contributed by atoms with van der Waals surface area (Å²) in [7, 11) is 0. The number of benzene rings is 1. The molecular formula is C14H18FNO4. The zero-order valence-corrected chi connectivity index (χ0v) is 11.3. The standard InChI is InChI=1S/C14H18FNO4/c1-2-20-8-7-13(17)16-9-12(14(18)19)10-3-5-11(15)6-4-10/h3-6,12H,2,7-9H2,1H3,(H,16,17)(H,18,19). The minimum Gasteiger partial charge on any atom is -0.481 e. The Kier molecular flexibility index (Phi) is 6.66. The molecule has 0 aliphatic rings. The number of halogens is 1. The van der Waals surface area contributed by atoms with E-state index in [-0.39, 0.29) is 18.9 Å². The van der Waals surface area contributed by atoms with Gasteiger partial charge >= 0.3 is 5.97 Å². The number of ether oxygens (including phenoxy) is 1. The summed E-state index contributed by atoms with van der Waals surface area (Å²) in [5.41, 5.74) is 0.448. The van der Waals surface area contributed by atoms with Crippen LogP contribution in [0.3, 0.4) is 0 Å². The van der Waals surface area contributed by atoms with Gasteiger partial charge in [0.15, 0.2) is 0 Å². The molecule has 2 N–H and O–H groups in total. The molecule has 0 heterocycles. The van der Waals surface area contributed by atoms with Crippen LogP contribution < -0.4 is 5.32 Å². The van der Waals surface area contributed by atoms with Crippen molar-refractivity contribution in [2.24, 2.45) is 0 Å². The molecule has 0 aromatic heterocycles. The zero-order chi connectivity index (χ0) is 15.0. The van der Waals surface area contributed by atoms with E-state index in [1.807, 2.05) is 6.92 Å². The van der Waals surface area contributed by atoms with Crippen molar-refractivity contribution in [3.8, 4) is 0 Å². The van der Waals surface area contributed by atoms with Gasteiger partial charge in [-0.1, -0.05) is 12.1 Å². The highest BCUT2D eigenvalue weighted by Gasteiger charge is 2.20. The first-order chi connectivity index (χ1) is 9.54. The molecule has 1 aromatic carbocycles. The number of carboxylic acid groups (broad SMARTS) is 1. The van der Waals surface area contributed by atoms with Crippen LogP contribution in [0.1, 0.15) is 24.8 Å². The first kappa shape index (κ1) is 16.1. The lowest BCUT2D eigenvalue weighted by atomic mass is 9.99. The molecule has 6 heteroatoms. The number of hydrogen-bond donors (Lipinski definition) is 2. The average molecular weight is 283 g/mol. The second kappa shape index (κ2) is 8.27. The van der Waals surface area contributed by atoms with E-state index in [2.05, 4.69) is 5.32 Å². The van der Waals surface area contributed by atoms with Gasteiger partial charge < -0.3 is 15.2 Å². The SMILES string of the molecule is CCOCCC(=O)NCC(C(=O)O)c1ccc(F)cc1. The molecule has 0 bridgehead atoms. The first-order valence-electron chi connectivity index (χ1n) is 6.37. The molecule has 0 saturated carbocycles. The Morgan fingerprint density at radius 2 is 2.00 bits per heavy atom. The van der Waals surface area contributed by atoms with E-state index in [9.17, 15) is 14.0 Å². The summed E-state index contributed by atoms with van der Waals surface area (Å²) in [6.07, 6.45) is 0.184. The van der Waals surface area contributed by atoms with E-state index >= 15 is 0 Å². The number of nitrogens with one attached hydrogen (secondary N) is 1. The second-order valence-corrected chi connectivity index (χ2v) is 4.19. The van der Waals surface area contributed by atoms with E-state index in [1.54, 1.807) is 0 Å². The Hall–Kier alpha value is -1.95. The highest BCUT2D eigenvalue weighted by Crippen LogP contribution is 2.16. The molecule has 0 radical (unpaired) electrons. The Labute approximate surface area is 116 Å². The van der Waals surface area contributed by atoms with E-state index in [4.69, 9.17) is 9.84 Å². The van der Waals surface area contributed by atoms with E-state index in [0.29, 0.717) is 18.8 Å². The fraction of sp³-hybridized carbons (Fsp3) is 0.429. The van der Waals surface area contributed by atoms with Gasteiger partial charge in [0.1, 0.15) is 5.82 Å². The van der Waals surface area contributed by atoms with Crippen molar-refractivity contribution >= 4 is 11.9 Å². The van der Waals surface area contributed by atoms with Crippen molar-refractivity contribution in [1.82, 2.24) is 5.32 Å². The summed E-state index contributed by atoms with van der Waals surface area (Å²) in [6.45, 7) is 2.62. The average Bonchev–Trinajstić information content (AvgIpc) is 2.41. The van der Waals surface area contributed by atoms with Gasteiger partial charge in [-0.25, -0.2) is 4.39 Å². The van der Waals surface area contributed by atoms with Crippen LogP contribution in [0.25, 0.3) is 0 Å². The molecule has 1 atom stereocenters. The van der Waals surface area contributed by atoms with Crippen LogP contribution in [-0.2, 0) is 14.3 Å². The van der Waals surface area contributed by atoms with Gasteiger partial charge in [0, 0.05) is 19.6 Å². The predicted octanol–water partition coefficient (Wildman–Crippen LogP) is 1.54. The van der Waals surface area contributed by atoms with Gasteiger partial charge in [-0.3, -0.25) is 9.59 Å². The van der Waals surface area contributed by atoms with Crippen molar-refractivity contribution in [1.29, 1.82) is 0 Å². The molecule has 0 aliphatic carbocycles. The fourth-order valence-electron chi connectivity index (χ4n) is 1.66. The molecular weight excluding hydrogens is 265 g/mol. The number of rotatable bonds is 8. The summed E-state index contributed by atoms with van der Waals surface area (Å²) < 4.78 is 17.8. The number of amides is 1. The Morgan fingerprint density at radius 3 is 2.55 bits per heavy atom. The molecule has 1 rings (SSSR count). The lowest BCUT2D eigenvalue weighted by molar-refractivity contribution is -0.138. The van der Waals surface area contributed by atoms with Crippen LogP contribution in [0, 0.1) is 5.82 Å². The van der Waals surface area contributed by atoms with Crippen LogP contribution in [0.5, 0.6) is 0 Å². The van der Waals surface area contributed by atoms with E-state index < -0.39 is 17.7 Å². The molecule has 0 spiro atoms. The number of carbonyl (C=O) groups is 2. The van der Waals surface area contributed by atoms with Crippen molar-refractivity contribution in [2.45, 2.75) is 19.3 Å². The van der Waals surface area contributed by atoms with Crippen LogP contribution in [0.15, 0.2) is 24.3 Å². The van der Waals surface area contributed by atoms with Crippen molar-refractivity contribution < 1.29 is 23.8 Å². The maximum atomic E-state index is 12.8. The quantitative estimate of drug-likeness (QED) is 0.710. The van der Waals surface area contributed by atoms with Crippen LogP contribution in [0.4, 0.5) is 4.39 Å². The van der Waals surface area contributed by atoms with Gasteiger partial charge in [-0.15, -0.1) is 0 Å². The number of carboxylic acids is 1. The normalized spacial score (nSPS) is 11.9. The highest BCUT2D eigenvalue weighted by atomic mass is 19.1. The van der Waals surface area contributed by atoms with Crippen LogP contribution >= 0.6 is 0 Å². The summed E-state index contributed by atoms with van der Waals surface area (Å²) in [5.74, 6) is -2.67. The largest absolute Gasteiger partial charge is 0.481 e. The van der Waals surface area contributed by atoms with Gasteiger partial charge in [-0.05, 0) is 24.6 Å². The van der Waals surface area contributed by atoms with E-state index in [1.165, 1.54) is 24.3 Å². The number of carbonyl (C=O) groups excluding carboxylic acids is 1. The fourth-order valence-corrected chi connectivity index (χ4v) is 1.66. The Balaban J connectivity index is 2.54. The number of aliphatic carboxylic acids is 1.